The van der Waals surface area contributed by atoms with Crippen molar-refractivity contribution < 1.29 is 9.90 Å². The van der Waals surface area contributed by atoms with E-state index in [0.717, 1.165) is 11.1 Å². The van der Waals surface area contributed by atoms with Crippen molar-refractivity contribution in [2.45, 2.75) is 13.5 Å². The number of hydrogen-bond acceptors (Lipinski definition) is 3. The Labute approximate surface area is 111 Å². The number of amides is 1. The van der Waals surface area contributed by atoms with E-state index < -0.39 is 0 Å². The zero-order valence-electron chi connectivity index (χ0n) is 10.7. The summed E-state index contributed by atoms with van der Waals surface area (Å²) < 4.78 is 0. The first-order valence-electron chi connectivity index (χ1n) is 5.97. The Morgan fingerprint density at radius 1 is 1.21 bits per heavy atom. The number of aliphatic hydroxyl groups excluding tert-OH is 1. The molecule has 2 aromatic rings. The molecule has 4 nitrogen and oxygen atoms in total. The van der Waals surface area contributed by atoms with E-state index in [9.17, 15) is 4.79 Å². The van der Waals surface area contributed by atoms with Crippen LogP contribution < -0.4 is 11.1 Å². The van der Waals surface area contributed by atoms with E-state index in [-0.39, 0.29) is 12.5 Å². The number of hydrogen-bond donors (Lipinski definition) is 3. The predicted octanol–water partition coefficient (Wildman–Crippen LogP) is 2.32. The molecule has 4 heteroatoms. The summed E-state index contributed by atoms with van der Waals surface area (Å²) in [4.78, 5) is 12.1. The van der Waals surface area contributed by atoms with Gasteiger partial charge in [0.2, 0.25) is 0 Å². The lowest BCUT2D eigenvalue weighted by atomic mass is 10.1. The second-order valence-electron chi connectivity index (χ2n) is 4.38. The van der Waals surface area contributed by atoms with Gasteiger partial charge < -0.3 is 16.2 Å². The summed E-state index contributed by atoms with van der Waals surface area (Å²) >= 11 is 0. The standard InChI is InChI=1S/C15H16N2O2/c1-10-2-5-12(16)8-14(10)15(19)17-13-6-3-11(9-18)4-7-13/h2-8,18H,9,16H2,1H3,(H,17,19). The fourth-order valence-corrected chi connectivity index (χ4v) is 1.78. The molecule has 0 unspecified atom stereocenters. The maximum absolute atomic E-state index is 12.1. The molecule has 0 bridgehead atoms. The van der Waals surface area contributed by atoms with Gasteiger partial charge in [0.1, 0.15) is 0 Å². The number of nitrogens with one attached hydrogen (secondary N) is 1. The fraction of sp³-hybridized carbons (Fsp3) is 0.133. The van der Waals surface area contributed by atoms with Crippen molar-refractivity contribution in [1.82, 2.24) is 0 Å². The average Bonchev–Trinajstić information content (AvgIpc) is 2.42. The van der Waals surface area contributed by atoms with Crippen LogP contribution >= 0.6 is 0 Å². The molecule has 0 saturated heterocycles. The van der Waals surface area contributed by atoms with Crippen molar-refractivity contribution in [2.24, 2.45) is 0 Å². The van der Waals surface area contributed by atoms with Gasteiger partial charge in [-0.15, -0.1) is 0 Å². The van der Waals surface area contributed by atoms with Gasteiger partial charge in [-0.25, -0.2) is 0 Å². The molecule has 0 saturated carbocycles. The van der Waals surface area contributed by atoms with Gasteiger partial charge in [-0.1, -0.05) is 18.2 Å². The van der Waals surface area contributed by atoms with Crippen LogP contribution in [0.2, 0.25) is 0 Å². The molecule has 1 amide bonds. The highest BCUT2D eigenvalue weighted by molar-refractivity contribution is 6.05. The summed E-state index contributed by atoms with van der Waals surface area (Å²) in [5, 5.41) is 11.8. The largest absolute Gasteiger partial charge is 0.399 e. The van der Waals surface area contributed by atoms with E-state index >= 15 is 0 Å². The van der Waals surface area contributed by atoms with Crippen molar-refractivity contribution in [3.8, 4) is 0 Å². The third kappa shape index (κ3) is 3.11. The first-order valence-corrected chi connectivity index (χ1v) is 5.97. The molecule has 0 atom stereocenters. The molecule has 0 radical (unpaired) electrons. The van der Waals surface area contributed by atoms with E-state index in [2.05, 4.69) is 5.32 Å². The van der Waals surface area contributed by atoms with Gasteiger partial charge in [-0.05, 0) is 42.3 Å². The minimum atomic E-state index is -0.193. The Morgan fingerprint density at radius 2 is 1.89 bits per heavy atom. The Balaban J connectivity index is 2.18. The molecule has 0 aliphatic rings. The molecule has 98 valence electrons. The van der Waals surface area contributed by atoms with Gasteiger partial charge in [0.05, 0.1) is 6.61 Å². The van der Waals surface area contributed by atoms with E-state index in [4.69, 9.17) is 10.8 Å². The molecule has 0 heterocycles. The van der Waals surface area contributed by atoms with Gasteiger partial charge >= 0.3 is 0 Å². The molecule has 0 fully saturated rings. The molecular weight excluding hydrogens is 240 g/mol. The van der Waals surface area contributed by atoms with Crippen molar-refractivity contribution >= 4 is 17.3 Å². The highest BCUT2D eigenvalue weighted by Crippen LogP contribution is 2.16. The van der Waals surface area contributed by atoms with E-state index in [0.29, 0.717) is 16.9 Å². The number of nitrogens with two attached hydrogens (primary N) is 1. The predicted molar refractivity (Wildman–Crippen MR) is 75.9 cm³/mol. The molecule has 0 aliphatic carbocycles. The second kappa shape index (κ2) is 5.54. The van der Waals surface area contributed by atoms with E-state index in [1.54, 1.807) is 36.4 Å². The van der Waals surface area contributed by atoms with Gasteiger partial charge in [0.25, 0.3) is 5.91 Å². The third-order valence-corrected chi connectivity index (χ3v) is 2.90. The molecule has 19 heavy (non-hydrogen) atoms. The van der Waals surface area contributed by atoms with Crippen LogP contribution in [0.15, 0.2) is 42.5 Å². The van der Waals surface area contributed by atoms with Crippen molar-refractivity contribution in [2.75, 3.05) is 11.1 Å². The maximum atomic E-state index is 12.1. The number of aryl methyl sites for hydroxylation is 1. The Bertz CT molecular complexity index is 592. The number of carbonyl (C=O) groups is 1. The van der Waals surface area contributed by atoms with Crippen LogP contribution in [0.5, 0.6) is 0 Å². The zero-order chi connectivity index (χ0) is 13.8. The van der Waals surface area contributed by atoms with Gasteiger partial charge in [0, 0.05) is 16.9 Å². The number of aliphatic hydroxyl groups is 1. The van der Waals surface area contributed by atoms with Crippen molar-refractivity contribution in [3.05, 3.63) is 59.2 Å². The monoisotopic (exact) mass is 256 g/mol. The SMILES string of the molecule is Cc1ccc(N)cc1C(=O)Nc1ccc(CO)cc1. The second-order valence-corrected chi connectivity index (χ2v) is 4.38. The third-order valence-electron chi connectivity index (χ3n) is 2.90. The lowest BCUT2D eigenvalue weighted by Gasteiger charge is -2.09. The van der Waals surface area contributed by atoms with Gasteiger partial charge in [-0.3, -0.25) is 4.79 Å². The summed E-state index contributed by atoms with van der Waals surface area (Å²) in [7, 11) is 0. The van der Waals surface area contributed by atoms with E-state index in [1.807, 2.05) is 13.0 Å². The Hall–Kier alpha value is -2.33. The number of rotatable bonds is 3. The summed E-state index contributed by atoms with van der Waals surface area (Å²) in [5.74, 6) is -0.193. The number of carbonyl (C=O) groups excluding carboxylic acids is 1. The molecular formula is C15H16N2O2. The molecule has 0 aliphatic heterocycles. The first kappa shape index (κ1) is 13.1. The average molecular weight is 256 g/mol. The fourth-order valence-electron chi connectivity index (χ4n) is 1.78. The smallest absolute Gasteiger partial charge is 0.256 e. The van der Waals surface area contributed by atoms with Crippen LogP contribution in [0.1, 0.15) is 21.5 Å². The Morgan fingerprint density at radius 3 is 2.53 bits per heavy atom. The van der Waals surface area contributed by atoms with Crippen LogP contribution in [0, 0.1) is 6.92 Å². The summed E-state index contributed by atoms with van der Waals surface area (Å²) in [6.45, 7) is 1.85. The van der Waals surface area contributed by atoms with Gasteiger partial charge in [0.15, 0.2) is 0 Å². The lowest BCUT2D eigenvalue weighted by molar-refractivity contribution is 0.102. The molecule has 0 aromatic heterocycles. The summed E-state index contributed by atoms with van der Waals surface area (Å²) in [5.41, 5.74) is 9.17. The summed E-state index contributed by atoms with van der Waals surface area (Å²) in [6.07, 6.45) is 0. The number of anilines is 2. The number of benzene rings is 2. The van der Waals surface area contributed by atoms with E-state index in [1.165, 1.54) is 0 Å². The molecule has 2 rings (SSSR count). The van der Waals surface area contributed by atoms with Crippen molar-refractivity contribution in [3.63, 3.8) is 0 Å². The number of nitrogen functional groups attached to an aromatic ring is 1. The highest BCUT2D eigenvalue weighted by atomic mass is 16.3. The van der Waals surface area contributed by atoms with Crippen LogP contribution in [0.3, 0.4) is 0 Å². The van der Waals surface area contributed by atoms with Crippen LogP contribution in [-0.2, 0) is 6.61 Å². The maximum Gasteiger partial charge on any atom is 0.256 e. The molecule has 4 N–H and O–H groups in total. The van der Waals surface area contributed by atoms with Crippen LogP contribution in [0.4, 0.5) is 11.4 Å². The van der Waals surface area contributed by atoms with Crippen molar-refractivity contribution in [1.29, 1.82) is 0 Å². The normalized spacial score (nSPS) is 10.2. The lowest BCUT2D eigenvalue weighted by Crippen LogP contribution is -2.13. The quantitative estimate of drug-likeness (QED) is 0.738. The minimum Gasteiger partial charge on any atom is -0.399 e. The summed E-state index contributed by atoms with van der Waals surface area (Å²) in [6, 6.07) is 12.3. The first-order chi connectivity index (χ1) is 9.10. The molecule has 2 aromatic carbocycles. The molecule has 0 spiro atoms. The van der Waals surface area contributed by atoms with Gasteiger partial charge in [-0.2, -0.15) is 0 Å². The topological polar surface area (TPSA) is 75.4 Å². The highest BCUT2D eigenvalue weighted by Gasteiger charge is 2.09. The Kier molecular flexibility index (Phi) is 3.82. The van der Waals surface area contributed by atoms with Crippen LogP contribution in [0.25, 0.3) is 0 Å². The van der Waals surface area contributed by atoms with Crippen LogP contribution in [-0.4, -0.2) is 11.0 Å². The zero-order valence-corrected chi connectivity index (χ0v) is 10.7. The minimum absolute atomic E-state index is 0.0114.